The van der Waals surface area contributed by atoms with E-state index in [1.54, 1.807) is 13.0 Å². The highest BCUT2D eigenvalue weighted by atomic mass is 35.5. The Hall–Kier alpha value is -2.33. The number of rotatable bonds is 2. The summed E-state index contributed by atoms with van der Waals surface area (Å²) < 4.78 is 36.2. The lowest BCUT2D eigenvalue weighted by atomic mass is 9.64. The standard InChI is InChI=1S/C40H55ClN4O4S/c1-27-7-4-8-31(21-44-24-40(25-44)17-6-18-43(40)3)34-13-10-32(34)22-45-23-39(16-5-9-29-19-33(41)12-14-35(29)39)26-49-37-15-11-30(20-36(37)45)38(46)42-50(47,48)28(27)2/h11-12,14-15,19-20,27-28,31-32,34H,4-10,13,16-18,21-26H2,1-3H3,(H,42,46)/t27-,28+,31+,32-,34-,39-/m0/s1. The zero-order chi connectivity index (χ0) is 34.8. The Labute approximate surface area is 304 Å². The molecular formula is C40H55ClN4O4S. The first kappa shape index (κ1) is 34.7. The van der Waals surface area contributed by atoms with E-state index in [0.717, 1.165) is 74.6 Å². The van der Waals surface area contributed by atoms with Crippen LogP contribution >= 0.6 is 11.6 Å². The third-order valence-electron chi connectivity index (χ3n) is 14.1. The van der Waals surface area contributed by atoms with Gasteiger partial charge >= 0.3 is 0 Å². The van der Waals surface area contributed by atoms with Crippen LogP contribution in [0.25, 0.3) is 0 Å². The van der Waals surface area contributed by atoms with Gasteiger partial charge in [-0.25, -0.2) is 13.1 Å². The molecule has 3 fully saturated rings. The number of amides is 1. The van der Waals surface area contributed by atoms with Crippen molar-refractivity contribution in [2.24, 2.45) is 23.7 Å². The Kier molecular flexibility index (Phi) is 9.21. The smallest absolute Gasteiger partial charge is 0.264 e. The number of ether oxygens (including phenoxy) is 1. The van der Waals surface area contributed by atoms with Crippen LogP contribution in [0.4, 0.5) is 5.69 Å². The summed E-state index contributed by atoms with van der Waals surface area (Å²) in [7, 11) is -1.56. The second-order valence-corrected chi connectivity index (χ2v) is 19.5. The molecule has 272 valence electrons. The summed E-state index contributed by atoms with van der Waals surface area (Å²) in [5, 5.41) is 0.108. The molecule has 10 heteroatoms. The lowest BCUT2D eigenvalue weighted by Crippen LogP contribution is -2.67. The Morgan fingerprint density at radius 3 is 2.58 bits per heavy atom. The summed E-state index contributed by atoms with van der Waals surface area (Å²) in [6.07, 6.45) is 11.2. The largest absolute Gasteiger partial charge is 0.490 e. The van der Waals surface area contributed by atoms with Gasteiger partial charge in [0.25, 0.3) is 5.91 Å². The number of hydrogen-bond acceptors (Lipinski definition) is 7. The van der Waals surface area contributed by atoms with E-state index in [9.17, 15) is 13.2 Å². The molecule has 1 amide bonds. The summed E-state index contributed by atoms with van der Waals surface area (Å²) in [4.78, 5) is 21.4. The molecule has 8 nitrogen and oxygen atoms in total. The minimum Gasteiger partial charge on any atom is -0.490 e. The molecule has 2 spiro atoms. The number of nitrogens with one attached hydrogen (secondary N) is 1. The van der Waals surface area contributed by atoms with Crippen molar-refractivity contribution in [3.8, 4) is 5.75 Å². The average molecular weight is 723 g/mol. The van der Waals surface area contributed by atoms with Gasteiger partial charge in [-0.1, -0.05) is 31.0 Å². The van der Waals surface area contributed by atoms with Crippen molar-refractivity contribution in [1.29, 1.82) is 0 Å². The van der Waals surface area contributed by atoms with E-state index in [1.807, 2.05) is 25.1 Å². The van der Waals surface area contributed by atoms with Crippen LogP contribution < -0.4 is 14.4 Å². The summed E-state index contributed by atoms with van der Waals surface area (Å²) in [5.74, 6) is 1.92. The third-order valence-corrected chi connectivity index (χ3v) is 16.2. The molecule has 4 heterocycles. The van der Waals surface area contributed by atoms with Crippen molar-refractivity contribution in [2.75, 3.05) is 57.8 Å². The van der Waals surface area contributed by atoms with Crippen molar-refractivity contribution in [1.82, 2.24) is 14.5 Å². The molecule has 6 aliphatic rings. The van der Waals surface area contributed by atoms with Gasteiger partial charge in [0.2, 0.25) is 10.0 Å². The second-order valence-electron chi connectivity index (χ2n) is 17.1. The van der Waals surface area contributed by atoms with Gasteiger partial charge in [-0.2, -0.15) is 0 Å². The van der Waals surface area contributed by atoms with E-state index in [2.05, 4.69) is 38.6 Å². The zero-order valence-electron chi connectivity index (χ0n) is 30.1. The molecule has 2 saturated heterocycles. The maximum atomic E-state index is 13.6. The molecule has 0 unspecified atom stereocenters. The van der Waals surface area contributed by atoms with Gasteiger partial charge in [0.1, 0.15) is 5.75 Å². The Balaban J connectivity index is 1.14. The first-order valence-corrected chi connectivity index (χ1v) is 21.2. The van der Waals surface area contributed by atoms with E-state index in [4.69, 9.17) is 16.3 Å². The first-order chi connectivity index (χ1) is 24.0. The molecule has 50 heavy (non-hydrogen) atoms. The van der Waals surface area contributed by atoms with Crippen LogP contribution in [0.3, 0.4) is 0 Å². The fourth-order valence-electron chi connectivity index (χ4n) is 10.7. The molecule has 2 aromatic carbocycles. The van der Waals surface area contributed by atoms with Crippen molar-refractivity contribution in [2.45, 2.75) is 94.3 Å². The number of nitrogens with zero attached hydrogens (tertiary/aromatic N) is 3. The number of likely N-dealkylation sites (N-methyl/N-ethyl adjacent to an activating group) is 1. The van der Waals surface area contributed by atoms with Crippen molar-refractivity contribution in [3.05, 3.63) is 58.1 Å². The number of anilines is 1. The number of sulfonamides is 1. The lowest BCUT2D eigenvalue weighted by molar-refractivity contribution is -0.0413. The number of carbonyl (C=O) groups is 1. The normalized spacial score (nSPS) is 34.1. The maximum absolute atomic E-state index is 13.6. The number of fused-ring (bicyclic) bond motifs is 4. The van der Waals surface area contributed by atoms with Crippen LogP contribution in [0.5, 0.6) is 5.75 Å². The highest BCUT2D eigenvalue weighted by Gasteiger charge is 2.50. The van der Waals surface area contributed by atoms with Crippen LogP contribution in [-0.2, 0) is 21.9 Å². The molecule has 0 aromatic heterocycles. The fourth-order valence-corrected chi connectivity index (χ4v) is 12.2. The van der Waals surface area contributed by atoms with Crippen molar-refractivity contribution in [3.63, 3.8) is 0 Å². The molecule has 2 aromatic rings. The van der Waals surface area contributed by atoms with Crippen LogP contribution in [0.1, 0.15) is 93.1 Å². The Morgan fingerprint density at radius 1 is 0.980 bits per heavy atom. The molecule has 2 aliphatic carbocycles. The topological polar surface area (TPSA) is 82.2 Å². The lowest BCUT2D eigenvalue weighted by Gasteiger charge is -2.54. The predicted octanol–water partition coefficient (Wildman–Crippen LogP) is 6.50. The van der Waals surface area contributed by atoms with Gasteiger partial charge in [0.05, 0.1) is 17.5 Å². The van der Waals surface area contributed by atoms with Gasteiger partial charge in [0, 0.05) is 54.3 Å². The number of halogens is 1. The van der Waals surface area contributed by atoms with E-state index in [1.165, 1.54) is 56.4 Å². The number of aryl methyl sites for hydroxylation is 1. The molecule has 2 bridgehead atoms. The van der Waals surface area contributed by atoms with E-state index in [-0.39, 0.29) is 11.3 Å². The van der Waals surface area contributed by atoms with Crippen LogP contribution in [0.15, 0.2) is 36.4 Å². The molecule has 1 saturated carbocycles. The van der Waals surface area contributed by atoms with Crippen LogP contribution in [0.2, 0.25) is 5.02 Å². The molecule has 8 rings (SSSR count). The number of benzene rings is 2. The minimum atomic E-state index is -3.86. The quantitative estimate of drug-likeness (QED) is 0.379. The van der Waals surface area contributed by atoms with Crippen molar-refractivity contribution < 1.29 is 17.9 Å². The predicted molar refractivity (Wildman–Crippen MR) is 200 cm³/mol. The average Bonchev–Trinajstić information content (AvgIpc) is 3.37. The molecular weight excluding hydrogens is 668 g/mol. The molecule has 4 aliphatic heterocycles. The molecule has 6 atom stereocenters. The minimum absolute atomic E-state index is 0.0501. The number of carbonyl (C=O) groups excluding carboxylic acids is 1. The van der Waals surface area contributed by atoms with Crippen molar-refractivity contribution >= 4 is 33.2 Å². The number of hydrogen-bond donors (Lipinski definition) is 1. The molecule has 1 N–H and O–H groups in total. The highest BCUT2D eigenvalue weighted by Crippen LogP contribution is 2.49. The Bertz CT molecular complexity index is 1730. The van der Waals surface area contributed by atoms with Gasteiger partial charge in [-0.15, -0.1) is 0 Å². The van der Waals surface area contributed by atoms with E-state index in [0.29, 0.717) is 35.5 Å². The van der Waals surface area contributed by atoms with Gasteiger partial charge in [0.15, 0.2) is 0 Å². The van der Waals surface area contributed by atoms with Crippen LogP contribution in [0, 0.1) is 23.7 Å². The Morgan fingerprint density at radius 2 is 1.82 bits per heavy atom. The van der Waals surface area contributed by atoms with Crippen LogP contribution in [-0.4, -0.2) is 87.8 Å². The van der Waals surface area contributed by atoms with Gasteiger partial charge in [-0.3, -0.25) is 14.6 Å². The van der Waals surface area contributed by atoms with Gasteiger partial charge in [-0.05, 0) is 143 Å². The summed E-state index contributed by atoms with van der Waals surface area (Å²) in [5.41, 5.74) is 4.06. The SMILES string of the molecule is C[C@@H]1[C@@H](C)CCC[C@H](CN2CC3(CCCN3C)C2)[C@@H]2CC[C@H]2CN2C[C@@]3(CCCc4cc(Cl)ccc43)COc3ccc(cc32)C(=O)NS1(=O)=O. The zero-order valence-corrected chi connectivity index (χ0v) is 31.7. The summed E-state index contributed by atoms with van der Waals surface area (Å²) in [6.45, 7) is 10.7. The monoisotopic (exact) mass is 722 g/mol. The van der Waals surface area contributed by atoms with E-state index >= 15 is 0 Å². The maximum Gasteiger partial charge on any atom is 0.264 e. The summed E-state index contributed by atoms with van der Waals surface area (Å²) in [6, 6.07) is 11.8. The highest BCUT2D eigenvalue weighted by molar-refractivity contribution is 7.90. The van der Waals surface area contributed by atoms with E-state index < -0.39 is 21.2 Å². The number of likely N-dealkylation sites (tertiary alicyclic amines) is 2. The summed E-state index contributed by atoms with van der Waals surface area (Å²) >= 11 is 6.49. The molecule has 0 radical (unpaired) electrons. The second kappa shape index (κ2) is 13.3. The third kappa shape index (κ3) is 6.26. The first-order valence-electron chi connectivity index (χ1n) is 19.3. The van der Waals surface area contributed by atoms with Gasteiger partial charge < -0.3 is 9.64 Å². The fraction of sp³-hybridized carbons (Fsp3) is 0.675.